The number of hydrogen-bond acceptors (Lipinski definition) is 3. The van der Waals surface area contributed by atoms with Crippen molar-refractivity contribution in [3.05, 3.63) is 145 Å². The molecule has 0 unspecified atom stereocenters. The second kappa shape index (κ2) is 9.54. The molecule has 0 spiro atoms. The fourth-order valence-electron chi connectivity index (χ4n) is 6.54. The number of rotatable bonds is 4. The van der Waals surface area contributed by atoms with Crippen molar-refractivity contribution >= 4 is 49.1 Å². The molecule has 44 heavy (non-hydrogen) atoms. The maximum atomic E-state index is 6.58. The van der Waals surface area contributed by atoms with E-state index in [2.05, 4.69) is 130 Å². The molecular weight excluding hydrogens is 540 g/mol. The average Bonchev–Trinajstić information content (AvgIpc) is 3.66. The van der Waals surface area contributed by atoms with Gasteiger partial charge in [-0.3, -0.25) is 8.97 Å². The van der Waals surface area contributed by atoms with Crippen LogP contribution in [-0.2, 0) is 0 Å². The summed E-state index contributed by atoms with van der Waals surface area (Å²) >= 11 is 0. The highest BCUT2D eigenvalue weighted by Gasteiger charge is 2.16. The molecule has 0 aliphatic carbocycles. The van der Waals surface area contributed by atoms with E-state index in [9.17, 15) is 0 Å². The Hall–Kier alpha value is -5.94. The summed E-state index contributed by atoms with van der Waals surface area (Å²) in [5, 5.41) is 5.71. The fourth-order valence-corrected chi connectivity index (χ4v) is 6.54. The van der Waals surface area contributed by atoms with Gasteiger partial charge in [-0.05, 0) is 72.5 Å². The number of hydrogen-bond donors (Lipinski definition) is 0. The Kier molecular flexibility index (Phi) is 5.34. The normalized spacial score (nSPS) is 11.8. The van der Waals surface area contributed by atoms with E-state index in [1.54, 1.807) is 0 Å². The lowest BCUT2D eigenvalue weighted by Crippen LogP contribution is -1.96. The van der Waals surface area contributed by atoms with E-state index < -0.39 is 0 Å². The molecule has 0 fully saturated rings. The Labute approximate surface area is 253 Å². The Morgan fingerprint density at radius 2 is 1.25 bits per heavy atom. The van der Waals surface area contributed by atoms with Crippen LogP contribution in [0.2, 0.25) is 0 Å². The van der Waals surface area contributed by atoms with Crippen molar-refractivity contribution in [1.29, 1.82) is 0 Å². The molecule has 9 aromatic rings. The topological polar surface area (TPSA) is 44.4 Å². The molecule has 0 aliphatic heterocycles. The molecule has 4 aromatic heterocycles. The highest BCUT2D eigenvalue weighted by atomic mass is 16.5. The van der Waals surface area contributed by atoms with Crippen molar-refractivity contribution in [3.63, 3.8) is 0 Å². The van der Waals surface area contributed by atoms with Crippen LogP contribution < -0.4 is 4.74 Å². The minimum Gasteiger partial charge on any atom is -0.457 e. The van der Waals surface area contributed by atoms with Crippen LogP contribution in [-0.4, -0.2) is 18.9 Å². The van der Waals surface area contributed by atoms with E-state index in [0.29, 0.717) is 0 Å². The Balaban J connectivity index is 1.22. The van der Waals surface area contributed by atoms with Crippen molar-refractivity contribution in [2.45, 2.75) is 6.92 Å². The molecule has 4 heterocycles. The van der Waals surface area contributed by atoms with E-state index in [4.69, 9.17) is 9.72 Å². The first-order chi connectivity index (χ1) is 21.7. The molecule has 0 amide bonds. The number of benzene rings is 5. The minimum atomic E-state index is 0.759. The summed E-state index contributed by atoms with van der Waals surface area (Å²) in [6.45, 7) is 2.13. The van der Waals surface area contributed by atoms with Crippen LogP contribution in [0.5, 0.6) is 11.5 Å². The summed E-state index contributed by atoms with van der Waals surface area (Å²) in [4.78, 5) is 9.84. The molecule has 5 aromatic carbocycles. The molecular formula is C39H26N4O. The maximum Gasteiger partial charge on any atom is 0.146 e. The van der Waals surface area contributed by atoms with Crippen LogP contribution in [0.3, 0.4) is 0 Å². The average molecular weight is 567 g/mol. The lowest BCUT2D eigenvalue weighted by molar-refractivity contribution is 0.484. The van der Waals surface area contributed by atoms with E-state index in [1.165, 1.54) is 16.3 Å². The standard InChI is InChI=1S/C39H26N4O/c1-25-10-2-3-11-28(25)34-24-42-35-14-6-4-12-30(35)29-19-17-26(22-33(29)39(42)41-34)44-27-18-20-32-31-13-5-7-15-36(31)43(37(32)23-27)38-16-8-9-21-40-38/h2-24H,1H3. The van der Waals surface area contributed by atoms with Crippen LogP contribution >= 0.6 is 0 Å². The summed E-state index contributed by atoms with van der Waals surface area (Å²) < 4.78 is 11.0. The molecule has 5 nitrogen and oxygen atoms in total. The summed E-state index contributed by atoms with van der Waals surface area (Å²) in [6.07, 6.45) is 3.98. The highest BCUT2D eigenvalue weighted by Crippen LogP contribution is 2.37. The van der Waals surface area contributed by atoms with Gasteiger partial charge in [0.1, 0.15) is 23.0 Å². The Morgan fingerprint density at radius 3 is 2.07 bits per heavy atom. The van der Waals surface area contributed by atoms with Gasteiger partial charge in [0.25, 0.3) is 0 Å². The lowest BCUT2D eigenvalue weighted by Gasteiger charge is -2.11. The predicted octanol–water partition coefficient (Wildman–Crippen LogP) is 9.90. The SMILES string of the molecule is Cc1ccccc1-c1cn2c3ccccc3c3ccc(Oc4ccc5c6ccccc6n(-c6ccccn6)c5c4)cc3c2n1. The van der Waals surface area contributed by atoms with E-state index in [1.807, 2.05) is 30.5 Å². The summed E-state index contributed by atoms with van der Waals surface area (Å²) in [5.74, 6) is 2.40. The molecule has 9 rings (SSSR count). The van der Waals surface area contributed by atoms with Gasteiger partial charge in [0, 0.05) is 45.6 Å². The zero-order valence-electron chi connectivity index (χ0n) is 24.0. The van der Waals surface area contributed by atoms with Crippen molar-refractivity contribution < 1.29 is 4.74 Å². The molecule has 0 aliphatic rings. The summed E-state index contributed by atoms with van der Waals surface area (Å²) in [6, 6.07) is 44.0. The van der Waals surface area contributed by atoms with E-state index in [0.717, 1.165) is 66.9 Å². The minimum absolute atomic E-state index is 0.759. The third-order valence-corrected chi connectivity index (χ3v) is 8.57. The molecule has 0 radical (unpaired) electrons. The van der Waals surface area contributed by atoms with Crippen molar-refractivity contribution in [3.8, 4) is 28.6 Å². The maximum absolute atomic E-state index is 6.58. The third kappa shape index (κ3) is 3.73. The van der Waals surface area contributed by atoms with Gasteiger partial charge in [0.05, 0.1) is 22.2 Å². The zero-order chi connectivity index (χ0) is 29.2. The second-order valence-electron chi connectivity index (χ2n) is 11.2. The zero-order valence-corrected chi connectivity index (χ0v) is 24.0. The van der Waals surface area contributed by atoms with Crippen LogP contribution in [0.4, 0.5) is 0 Å². The van der Waals surface area contributed by atoms with Crippen LogP contribution in [0.1, 0.15) is 5.56 Å². The van der Waals surface area contributed by atoms with Crippen LogP contribution in [0.25, 0.3) is 66.2 Å². The highest BCUT2D eigenvalue weighted by molar-refractivity contribution is 6.12. The quantitative estimate of drug-likeness (QED) is 0.199. The van der Waals surface area contributed by atoms with Crippen molar-refractivity contribution in [1.82, 2.24) is 18.9 Å². The summed E-state index contributed by atoms with van der Waals surface area (Å²) in [5.41, 5.74) is 7.50. The van der Waals surface area contributed by atoms with Gasteiger partial charge in [-0.15, -0.1) is 0 Å². The first-order valence-electron chi connectivity index (χ1n) is 14.7. The molecule has 0 saturated heterocycles. The molecule has 5 heteroatoms. The molecule has 0 N–H and O–H groups in total. The van der Waals surface area contributed by atoms with Gasteiger partial charge >= 0.3 is 0 Å². The van der Waals surface area contributed by atoms with Crippen molar-refractivity contribution in [2.75, 3.05) is 0 Å². The number of nitrogens with zero attached hydrogens (tertiary/aromatic N) is 4. The number of aryl methyl sites for hydroxylation is 1. The Bertz CT molecular complexity index is 2540. The fraction of sp³-hybridized carbons (Fsp3) is 0.0256. The number of imidazole rings is 1. The number of fused-ring (bicyclic) bond motifs is 9. The van der Waals surface area contributed by atoms with Gasteiger partial charge < -0.3 is 4.74 Å². The van der Waals surface area contributed by atoms with Gasteiger partial charge in [-0.2, -0.15) is 0 Å². The first kappa shape index (κ1) is 24.6. The molecule has 0 saturated carbocycles. The molecule has 0 atom stereocenters. The monoisotopic (exact) mass is 566 g/mol. The third-order valence-electron chi connectivity index (χ3n) is 8.57. The summed E-state index contributed by atoms with van der Waals surface area (Å²) in [7, 11) is 0. The van der Waals surface area contributed by atoms with E-state index in [-0.39, 0.29) is 0 Å². The molecule has 0 bridgehead atoms. The first-order valence-corrected chi connectivity index (χ1v) is 14.7. The van der Waals surface area contributed by atoms with Crippen LogP contribution in [0.15, 0.2) is 140 Å². The van der Waals surface area contributed by atoms with Gasteiger partial charge in [0.15, 0.2) is 0 Å². The van der Waals surface area contributed by atoms with Crippen molar-refractivity contribution in [2.24, 2.45) is 0 Å². The second-order valence-corrected chi connectivity index (χ2v) is 11.2. The van der Waals surface area contributed by atoms with Crippen LogP contribution in [0, 0.1) is 6.92 Å². The number of ether oxygens (including phenoxy) is 1. The number of pyridine rings is 2. The lowest BCUT2D eigenvalue weighted by atomic mass is 10.1. The van der Waals surface area contributed by atoms with Gasteiger partial charge in [0.2, 0.25) is 0 Å². The van der Waals surface area contributed by atoms with Gasteiger partial charge in [-0.25, -0.2) is 9.97 Å². The number of para-hydroxylation sites is 2. The largest absolute Gasteiger partial charge is 0.457 e. The van der Waals surface area contributed by atoms with E-state index >= 15 is 0 Å². The Morgan fingerprint density at radius 1 is 0.568 bits per heavy atom. The molecule has 208 valence electrons. The smallest absolute Gasteiger partial charge is 0.146 e. The predicted molar refractivity (Wildman–Crippen MR) is 179 cm³/mol. The number of aromatic nitrogens is 4. The van der Waals surface area contributed by atoms with Gasteiger partial charge in [-0.1, -0.05) is 66.7 Å².